The summed E-state index contributed by atoms with van der Waals surface area (Å²) in [5.41, 5.74) is 11.2. The lowest BCUT2D eigenvalue weighted by atomic mass is 9.98. The van der Waals surface area contributed by atoms with Crippen LogP contribution in [0.1, 0.15) is 27.3 Å². The minimum atomic E-state index is -0.0271. The molecule has 7 heteroatoms. The molecule has 0 unspecified atom stereocenters. The molecule has 30 heavy (non-hydrogen) atoms. The van der Waals surface area contributed by atoms with Gasteiger partial charge in [0.1, 0.15) is 0 Å². The van der Waals surface area contributed by atoms with Crippen molar-refractivity contribution in [2.24, 2.45) is 7.05 Å². The van der Waals surface area contributed by atoms with Gasteiger partial charge in [0.15, 0.2) is 0 Å². The number of aryl methyl sites for hydroxylation is 2. The lowest BCUT2D eigenvalue weighted by Gasteiger charge is -2.18. The van der Waals surface area contributed by atoms with E-state index in [1.54, 1.807) is 17.3 Å². The predicted octanol–water partition coefficient (Wildman–Crippen LogP) is 3.50. The summed E-state index contributed by atoms with van der Waals surface area (Å²) < 4.78 is 1.85. The van der Waals surface area contributed by atoms with E-state index in [9.17, 15) is 4.79 Å². The molecule has 2 heterocycles. The Morgan fingerprint density at radius 1 is 1.13 bits per heavy atom. The Bertz CT molecular complexity index is 1240. The number of nitrogen functional groups attached to an aromatic ring is 1. The Morgan fingerprint density at radius 3 is 2.53 bits per heavy atom. The number of fused-ring (bicyclic) bond motifs is 1. The molecule has 4 aromatic rings. The average molecular weight is 400 g/mol. The van der Waals surface area contributed by atoms with Crippen molar-refractivity contribution in [1.29, 1.82) is 0 Å². The first-order valence-corrected chi connectivity index (χ1v) is 9.70. The van der Waals surface area contributed by atoms with Crippen molar-refractivity contribution < 1.29 is 4.79 Å². The van der Waals surface area contributed by atoms with E-state index >= 15 is 0 Å². The number of anilines is 1. The van der Waals surface area contributed by atoms with Crippen molar-refractivity contribution in [1.82, 2.24) is 24.6 Å². The Kier molecular flexibility index (Phi) is 4.95. The second kappa shape index (κ2) is 7.59. The molecule has 0 saturated heterocycles. The summed E-state index contributed by atoms with van der Waals surface area (Å²) in [7, 11) is 3.74. The second-order valence-corrected chi connectivity index (χ2v) is 7.51. The van der Waals surface area contributed by atoms with E-state index in [-0.39, 0.29) is 11.9 Å². The Morgan fingerprint density at radius 2 is 1.87 bits per heavy atom. The fourth-order valence-corrected chi connectivity index (χ4v) is 3.72. The molecule has 0 fully saturated rings. The van der Waals surface area contributed by atoms with E-state index in [1.165, 1.54) is 0 Å². The molecular formula is C23H24N6O. The van der Waals surface area contributed by atoms with Gasteiger partial charge in [-0.15, -0.1) is 0 Å². The van der Waals surface area contributed by atoms with Crippen LogP contribution in [0.25, 0.3) is 21.9 Å². The number of benzene rings is 2. The summed E-state index contributed by atoms with van der Waals surface area (Å²) in [6.45, 7) is 4.51. The Hall–Kier alpha value is -3.74. The number of amides is 1. The van der Waals surface area contributed by atoms with Gasteiger partial charge >= 0.3 is 0 Å². The molecule has 2 aromatic heterocycles. The number of rotatable bonds is 4. The number of nitrogens with zero attached hydrogens (tertiary/aromatic N) is 5. The molecule has 0 saturated carbocycles. The van der Waals surface area contributed by atoms with Crippen molar-refractivity contribution in [2.45, 2.75) is 20.4 Å². The van der Waals surface area contributed by atoms with Gasteiger partial charge in [-0.1, -0.05) is 24.3 Å². The third kappa shape index (κ3) is 3.50. The van der Waals surface area contributed by atoms with Gasteiger partial charge < -0.3 is 10.6 Å². The van der Waals surface area contributed by atoms with Crippen LogP contribution in [0.4, 0.5) is 5.95 Å². The van der Waals surface area contributed by atoms with Crippen molar-refractivity contribution in [3.8, 4) is 11.1 Å². The summed E-state index contributed by atoms with van der Waals surface area (Å²) in [6.07, 6.45) is 3.42. The highest BCUT2D eigenvalue weighted by Gasteiger charge is 2.17. The maximum atomic E-state index is 13.1. The molecule has 1 amide bonds. The maximum Gasteiger partial charge on any atom is 0.253 e. The first-order chi connectivity index (χ1) is 14.3. The highest BCUT2D eigenvalue weighted by atomic mass is 16.2. The van der Waals surface area contributed by atoms with Crippen LogP contribution in [-0.2, 0) is 13.6 Å². The van der Waals surface area contributed by atoms with Gasteiger partial charge in [0.25, 0.3) is 5.91 Å². The number of nitrogens with two attached hydrogens (primary N) is 1. The quantitative estimate of drug-likeness (QED) is 0.566. The van der Waals surface area contributed by atoms with Crippen LogP contribution in [0.15, 0.2) is 48.8 Å². The zero-order chi connectivity index (χ0) is 21.4. The maximum absolute atomic E-state index is 13.1. The van der Waals surface area contributed by atoms with E-state index in [1.807, 2.05) is 69.0 Å². The van der Waals surface area contributed by atoms with Crippen LogP contribution in [-0.4, -0.2) is 37.6 Å². The smallest absolute Gasteiger partial charge is 0.253 e. The van der Waals surface area contributed by atoms with E-state index in [0.717, 1.165) is 38.9 Å². The van der Waals surface area contributed by atoms with Crippen molar-refractivity contribution >= 4 is 22.6 Å². The van der Waals surface area contributed by atoms with Crippen molar-refractivity contribution in [3.63, 3.8) is 0 Å². The Balaban J connectivity index is 1.65. The predicted molar refractivity (Wildman–Crippen MR) is 118 cm³/mol. The molecule has 2 aromatic carbocycles. The monoisotopic (exact) mass is 400 g/mol. The van der Waals surface area contributed by atoms with E-state index in [4.69, 9.17) is 5.73 Å². The fourth-order valence-electron chi connectivity index (χ4n) is 3.72. The molecule has 0 bridgehead atoms. The molecule has 152 valence electrons. The van der Waals surface area contributed by atoms with E-state index < -0.39 is 0 Å². The topological polar surface area (TPSA) is 89.9 Å². The highest BCUT2D eigenvalue weighted by Crippen LogP contribution is 2.29. The number of hydrogen-bond donors (Lipinski definition) is 1. The largest absolute Gasteiger partial charge is 0.368 e. The average Bonchev–Trinajstić information content (AvgIpc) is 2.99. The van der Waals surface area contributed by atoms with Gasteiger partial charge in [-0.25, -0.2) is 9.97 Å². The molecule has 2 N–H and O–H groups in total. The van der Waals surface area contributed by atoms with Gasteiger partial charge in [0, 0.05) is 55.4 Å². The van der Waals surface area contributed by atoms with Gasteiger partial charge in [-0.2, -0.15) is 5.10 Å². The molecule has 0 spiro atoms. The molecule has 4 rings (SSSR count). The standard InChI is InChI=1S/C23H24N6O/c1-14-21(15(2)29(4)27-14)13-28(3)22(30)17-8-9-20-16(10-17)6-5-7-19(20)18-11-25-23(24)26-12-18/h5-12H,13H2,1-4H3,(H2,24,25,26). The molecular weight excluding hydrogens is 376 g/mol. The highest BCUT2D eigenvalue weighted by molar-refractivity contribution is 6.02. The zero-order valence-corrected chi connectivity index (χ0v) is 17.5. The lowest BCUT2D eigenvalue weighted by molar-refractivity contribution is 0.0785. The molecule has 0 aliphatic carbocycles. The summed E-state index contributed by atoms with van der Waals surface area (Å²) in [4.78, 5) is 23.0. The number of hydrogen-bond acceptors (Lipinski definition) is 5. The van der Waals surface area contributed by atoms with Crippen molar-refractivity contribution in [2.75, 3.05) is 12.8 Å². The van der Waals surface area contributed by atoms with Crippen LogP contribution >= 0.6 is 0 Å². The van der Waals surface area contributed by atoms with E-state index in [0.29, 0.717) is 12.1 Å². The second-order valence-electron chi connectivity index (χ2n) is 7.51. The van der Waals surface area contributed by atoms with E-state index in [2.05, 4.69) is 15.1 Å². The summed E-state index contributed by atoms with van der Waals surface area (Å²) in [5.74, 6) is 0.217. The third-order valence-corrected chi connectivity index (χ3v) is 5.51. The minimum absolute atomic E-state index is 0.0271. The number of carbonyl (C=O) groups excluding carboxylic acids is 1. The van der Waals surface area contributed by atoms with Crippen LogP contribution < -0.4 is 5.73 Å². The number of aromatic nitrogens is 4. The van der Waals surface area contributed by atoms with Crippen LogP contribution in [0.5, 0.6) is 0 Å². The van der Waals surface area contributed by atoms with Gasteiger partial charge in [-0.05, 0) is 42.3 Å². The first-order valence-electron chi connectivity index (χ1n) is 9.70. The molecule has 7 nitrogen and oxygen atoms in total. The van der Waals surface area contributed by atoms with Gasteiger partial charge in [-0.3, -0.25) is 9.48 Å². The zero-order valence-electron chi connectivity index (χ0n) is 17.5. The molecule has 0 aliphatic rings. The van der Waals surface area contributed by atoms with Gasteiger partial charge in [0.05, 0.1) is 5.69 Å². The van der Waals surface area contributed by atoms with Gasteiger partial charge in [0.2, 0.25) is 5.95 Å². The lowest BCUT2D eigenvalue weighted by Crippen LogP contribution is -2.26. The first kappa shape index (κ1) is 19.6. The fraction of sp³-hybridized carbons (Fsp3) is 0.217. The molecule has 0 aliphatic heterocycles. The Labute approximate surface area is 175 Å². The number of carbonyl (C=O) groups is 1. The minimum Gasteiger partial charge on any atom is -0.368 e. The van der Waals surface area contributed by atoms with Crippen molar-refractivity contribution in [3.05, 3.63) is 71.3 Å². The summed E-state index contributed by atoms with van der Waals surface area (Å²) in [6, 6.07) is 11.8. The van der Waals surface area contributed by atoms with Crippen LogP contribution in [0, 0.1) is 13.8 Å². The SMILES string of the molecule is Cc1nn(C)c(C)c1CN(C)C(=O)c1ccc2c(-c3cnc(N)nc3)cccc2c1. The normalized spacial score (nSPS) is 11.1. The molecule has 0 atom stereocenters. The van der Waals surface area contributed by atoms with Crippen LogP contribution in [0.2, 0.25) is 0 Å². The summed E-state index contributed by atoms with van der Waals surface area (Å²) in [5, 5.41) is 6.46. The summed E-state index contributed by atoms with van der Waals surface area (Å²) >= 11 is 0. The molecule has 0 radical (unpaired) electrons. The van der Waals surface area contributed by atoms with Crippen LogP contribution in [0.3, 0.4) is 0 Å². The third-order valence-electron chi connectivity index (χ3n) is 5.51.